The van der Waals surface area contributed by atoms with Gasteiger partial charge in [0, 0.05) is 37.6 Å². The van der Waals surface area contributed by atoms with Crippen molar-refractivity contribution in [1.82, 2.24) is 9.78 Å². The molecule has 3 rings (SSSR count). The number of aromatic nitrogens is 2. The third kappa shape index (κ3) is 2.65. The number of rotatable bonds is 4. The summed E-state index contributed by atoms with van der Waals surface area (Å²) in [5, 5.41) is 13.1. The minimum absolute atomic E-state index is 0.00760. The Morgan fingerprint density at radius 2 is 2.19 bits per heavy atom. The van der Waals surface area contributed by atoms with Crippen LogP contribution in [0.15, 0.2) is 36.7 Å². The molecule has 0 unspecified atom stereocenters. The van der Waals surface area contributed by atoms with Gasteiger partial charge in [0.05, 0.1) is 5.56 Å². The van der Waals surface area contributed by atoms with Gasteiger partial charge in [-0.05, 0) is 30.2 Å². The average molecular weight is 285 g/mol. The Morgan fingerprint density at radius 3 is 2.90 bits per heavy atom. The van der Waals surface area contributed by atoms with E-state index in [4.69, 9.17) is 5.11 Å². The van der Waals surface area contributed by atoms with E-state index < -0.39 is 5.97 Å². The van der Waals surface area contributed by atoms with Crippen LogP contribution in [0, 0.1) is 0 Å². The first-order valence-electron chi connectivity index (χ1n) is 6.79. The van der Waals surface area contributed by atoms with Crippen LogP contribution in [-0.4, -0.2) is 33.3 Å². The molecule has 1 aromatic carbocycles. The molecular weight excluding hydrogens is 270 g/mol. The number of benzene rings is 1. The van der Waals surface area contributed by atoms with Gasteiger partial charge in [-0.1, -0.05) is 6.07 Å². The molecule has 0 saturated carbocycles. The summed E-state index contributed by atoms with van der Waals surface area (Å²) in [5.41, 5.74) is 1.95. The van der Waals surface area contributed by atoms with Gasteiger partial charge in [0.2, 0.25) is 5.91 Å². The molecule has 6 nitrogen and oxygen atoms in total. The maximum atomic E-state index is 12.3. The maximum absolute atomic E-state index is 12.3. The van der Waals surface area contributed by atoms with E-state index in [0.29, 0.717) is 19.5 Å². The van der Waals surface area contributed by atoms with Crippen LogP contribution in [0.4, 0.5) is 5.69 Å². The Balaban J connectivity index is 1.75. The lowest BCUT2D eigenvalue weighted by Crippen LogP contribution is -2.29. The molecule has 108 valence electrons. The van der Waals surface area contributed by atoms with Crippen LogP contribution in [0.2, 0.25) is 0 Å². The first-order valence-corrected chi connectivity index (χ1v) is 6.79. The fraction of sp³-hybridized carbons (Fsp3) is 0.267. The molecule has 1 aliphatic rings. The van der Waals surface area contributed by atoms with Crippen molar-refractivity contribution in [1.29, 1.82) is 0 Å². The number of carboxylic acid groups (broad SMARTS) is 1. The Bertz CT molecular complexity index is 679. The largest absolute Gasteiger partial charge is 0.478 e. The molecule has 0 bridgehead atoms. The number of carbonyl (C=O) groups excluding carboxylic acids is 1. The molecule has 0 aliphatic carbocycles. The van der Waals surface area contributed by atoms with E-state index in [2.05, 4.69) is 5.10 Å². The number of aryl methyl sites for hydroxylation is 1. The normalized spacial score (nSPS) is 13.2. The highest BCUT2D eigenvalue weighted by atomic mass is 16.4. The second-order valence-electron chi connectivity index (χ2n) is 4.96. The van der Waals surface area contributed by atoms with Crippen LogP contribution < -0.4 is 4.90 Å². The van der Waals surface area contributed by atoms with Crippen molar-refractivity contribution >= 4 is 17.6 Å². The number of nitrogens with zero attached hydrogens (tertiary/aromatic N) is 3. The zero-order valence-electron chi connectivity index (χ0n) is 11.4. The Morgan fingerprint density at radius 1 is 1.33 bits per heavy atom. The van der Waals surface area contributed by atoms with E-state index in [-0.39, 0.29) is 11.5 Å². The standard InChI is InChI=1S/C15H15N3O3/c19-14(5-8-17-7-1-6-16-17)18-9-4-11-2-3-12(15(20)21)10-13(11)18/h1-3,6-7,10H,4-5,8-9H2,(H,20,21). The first-order chi connectivity index (χ1) is 10.1. The molecule has 0 fully saturated rings. The van der Waals surface area contributed by atoms with Gasteiger partial charge in [-0.2, -0.15) is 5.10 Å². The summed E-state index contributed by atoms with van der Waals surface area (Å²) >= 11 is 0. The molecule has 1 aromatic heterocycles. The number of hydrogen-bond acceptors (Lipinski definition) is 3. The Kier molecular flexibility index (Phi) is 3.43. The highest BCUT2D eigenvalue weighted by Crippen LogP contribution is 2.29. The summed E-state index contributed by atoms with van der Waals surface area (Å²) in [7, 11) is 0. The Labute approximate surface area is 121 Å². The van der Waals surface area contributed by atoms with Crippen molar-refractivity contribution in [3.63, 3.8) is 0 Å². The van der Waals surface area contributed by atoms with Crippen LogP contribution in [0.25, 0.3) is 0 Å². The van der Waals surface area contributed by atoms with Gasteiger partial charge in [-0.3, -0.25) is 9.48 Å². The maximum Gasteiger partial charge on any atom is 0.335 e. The SMILES string of the molecule is O=C(O)c1ccc2c(c1)N(C(=O)CCn1cccn1)CC2. The van der Waals surface area contributed by atoms with Gasteiger partial charge in [0.1, 0.15) is 0 Å². The van der Waals surface area contributed by atoms with Crippen molar-refractivity contribution in [2.75, 3.05) is 11.4 Å². The van der Waals surface area contributed by atoms with Crippen LogP contribution in [-0.2, 0) is 17.8 Å². The lowest BCUT2D eigenvalue weighted by molar-refractivity contribution is -0.118. The lowest BCUT2D eigenvalue weighted by atomic mass is 10.1. The van der Waals surface area contributed by atoms with Gasteiger partial charge in [-0.25, -0.2) is 4.79 Å². The van der Waals surface area contributed by atoms with Crippen LogP contribution >= 0.6 is 0 Å². The third-order valence-corrected chi connectivity index (χ3v) is 3.64. The van der Waals surface area contributed by atoms with E-state index in [9.17, 15) is 9.59 Å². The third-order valence-electron chi connectivity index (χ3n) is 3.64. The molecule has 0 saturated heterocycles. The molecule has 1 N–H and O–H groups in total. The number of carboxylic acids is 1. The van der Waals surface area contributed by atoms with Gasteiger partial charge in [0.15, 0.2) is 0 Å². The molecule has 0 atom stereocenters. The number of amides is 1. The lowest BCUT2D eigenvalue weighted by Gasteiger charge is -2.17. The van der Waals surface area contributed by atoms with Crippen molar-refractivity contribution in [3.05, 3.63) is 47.8 Å². The molecule has 2 heterocycles. The number of anilines is 1. The van der Waals surface area contributed by atoms with Gasteiger partial charge < -0.3 is 10.0 Å². The molecule has 6 heteroatoms. The number of carbonyl (C=O) groups is 2. The fourth-order valence-corrected chi connectivity index (χ4v) is 2.55. The predicted molar refractivity (Wildman–Crippen MR) is 76.3 cm³/mol. The highest BCUT2D eigenvalue weighted by Gasteiger charge is 2.25. The average Bonchev–Trinajstić information content (AvgIpc) is 3.13. The van der Waals surface area contributed by atoms with E-state index >= 15 is 0 Å². The second kappa shape index (κ2) is 5.40. The van der Waals surface area contributed by atoms with Gasteiger partial charge >= 0.3 is 5.97 Å². The number of fused-ring (bicyclic) bond motifs is 1. The second-order valence-corrected chi connectivity index (χ2v) is 4.96. The van der Waals surface area contributed by atoms with Crippen LogP contribution in [0.5, 0.6) is 0 Å². The van der Waals surface area contributed by atoms with E-state index in [0.717, 1.165) is 17.7 Å². The highest BCUT2D eigenvalue weighted by molar-refractivity contribution is 5.97. The summed E-state index contributed by atoms with van der Waals surface area (Å²) in [6, 6.07) is 6.77. The monoisotopic (exact) mass is 285 g/mol. The zero-order chi connectivity index (χ0) is 14.8. The molecule has 0 spiro atoms. The van der Waals surface area contributed by atoms with Crippen molar-refractivity contribution in [2.24, 2.45) is 0 Å². The van der Waals surface area contributed by atoms with Gasteiger partial charge in [-0.15, -0.1) is 0 Å². The summed E-state index contributed by atoms with van der Waals surface area (Å²) in [6.45, 7) is 1.13. The van der Waals surface area contributed by atoms with Crippen molar-refractivity contribution in [3.8, 4) is 0 Å². The zero-order valence-corrected chi connectivity index (χ0v) is 11.4. The minimum Gasteiger partial charge on any atom is -0.478 e. The van der Waals surface area contributed by atoms with Crippen LogP contribution in [0.3, 0.4) is 0 Å². The smallest absolute Gasteiger partial charge is 0.335 e. The van der Waals surface area contributed by atoms with E-state index in [1.54, 1.807) is 34.0 Å². The summed E-state index contributed by atoms with van der Waals surface area (Å²) in [6.07, 6.45) is 4.60. The predicted octanol–water partition coefficient (Wildman–Crippen LogP) is 1.56. The van der Waals surface area contributed by atoms with Gasteiger partial charge in [0.25, 0.3) is 0 Å². The summed E-state index contributed by atoms with van der Waals surface area (Å²) in [5.74, 6) is -0.986. The Hall–Kier alpha value is -2.63. The first kappa shape index (κ1) is 13.4. The molecule has 1 amide bonds. The molecule has 21 heavy (non-hydrogen) atoms. The minimum atomic E-state index is -0.978. The number of hydrogen-bond donors (Lipinski definition) is 1. The van der Waals surface area contributed by atoms with E-state index in [1.165, 1.54) is 0 Å². The fourth-order valence-electron chi connectivity index (χ4n) is 2.55. The molecule has 2 aromatic rings. The van der Waals surface area contributed by atoms with Crippen molar-refractivity contribution < 1.29 is 14.7 Å². The van der Waals surface area contributed by atoms with Crippen molar-refractivity contribution in [2.45, 2.75) is 19.4 Å². The molecule has 1 aliphatic heterocycles. The summed E-state index contributed by atoms with van der Waals surface area (Å²) in [4.78, 5) is 25.0. The molecule has 0 radical (unpaired) electrons. The number of aromatic carboxylic acids is 1. The summed E-state index contributed by atoms with van der Waals surface area (Å²) < 4.78 is 1.71. The molecular formula is C15H15N3O3. The quantitative estimate of drug-likeness (QED) is 0.925. The van der Waals surface area contributed by atoms with E-state index in [1.807, 2.05) is 12.3 Å². The van der Waals surface area contributed by atoms with Crippen LogP contribution in [0.1, 0.15) is 22.3 Å². The topological polar surface area (TPSA) is 75.4 Å².